The van der Waals surface area contributed by atoms with Crippen LogP contribution in [0.4, 0.5) is 0 Å². The van der Waals surface area contributed by atoms with E-state index in [1.165, 1.54) is 18.4 Å². The molecule has 1 saturated heterocycles. The molecule has 1 aliphatic rings. The van der Waals surface area contributed by atoms with E-state index in [1.54, 1.807) is 0 Å². The van der Waals surface area contributed by atoms with Gasteiger partial charge in [0.15, 0.2) is 0 Å². The van der Waals surface area contributed by atoms with Crippen LogP contribution in [-0.2, 0) is 6.54 Å². The number of nitrogens with one attached hydrogen (secondary N) is 1. The lowest BCUT2D eigenvalue weighted by atomic mass is 10.0. The molecule has 2 unspecified atom stereocenters. The molecule has 0 aliphatic carbocycles. The second-order valence-electron chi connectivity index (χ2n) is 6.50. The maximum atomic E-state index is 9.40. The van der Waals surface area contributed by atoms with Gasteiger partial charge in [0.05, 0.1) is 6.10 Å². The van der Waals surface area contributed by atoms with Gasteiger partial charge in [-0.05, 0) is 69.4 Å². The second kappa shape index (κ2) is 8.47. The Morgan fingerprint density at radius 1 is 1.29 bits per heavy atom. The molecule has 2 atom stereocenters. The van der Waals surface area contributed by atoms with Gasteiger partial charge in [0.2, 0.25) is 0 Å². The van der Waals surface area contributed by atoms with Crippen LogP contribution in [0.15, 0.2) is 24.5 Å². The van der Waals surface area contributed by atoms with Crippen LogP contribution in [-0.4, -0.2) is 46.8 Å². The first-order valence-corrected chi connectivity index (χ1v) is 8.16. The van der Waals surface area contributed by atoms with Gasteiger partial charge < -0.3 is 10.4 Å². The van der Waals surface area contributed by atoms with Gasteiger partial charge >= 0.3 is 0 Å². The Kier molecular flexibility index (Phi) is 6.61. The molecule has 0 bridgehead atoms. The van der Waals surface area contributed by atoms with Gasteiger partial charge in [0, 0.05) is 25.0 Å². The predicted octanol–water partition coefficient (Wildman–Crippen LogP) is 2.04. The number of nitrogens with zero attached hydrogens (tertiary/aromatic N) is 2. The number of aromatic nitrogens is 1. The van der Waals surface area contributed by atoms with Gasteiger partial charge in [-0.1, -0.05) is 6.92 Å². The average molecular weight is 291 g/mol. The quantitative estimate of drug-likeness (QED) is 0.807. The molecule has 2 N–H and O–H groups in total. The van der Waals surface area contributed by atoms with Crippen molar-refractivity contribution < 1.29 is 5.11 Å². The van der Waals surface area contributed by atoms with Crippen molar-refractivity contribution in [3.8, 4) is 0 Å². The zero-order valence-corrected chi connectivity index (χ0v) is 13.3. The fourth-order valence-electron chi connectivity index (χ4n) is 3.08. The van der Waals surface area contributed by atoms with Crippen molar-refractivity contribution >= 4 is 0 Å². The maximum Gasteiger partial charge on any atom is 0.0515 e. The van der Waals surface area contributed by atoms with E-state index in [4.69, 9.17) is 0 Å². The van der Waals surface area contributed by atoms with Crippen LogP contribution in [0.3, 0.4) is 0 Å². The molecule has 2 rings (SSSR count). The van der Waals surface area contributed by atoms with Crippen molar-refractivity contribution in [1.29, 1.82) is 0 Å². The molecule has 0 spiro atoms. The zero-order chi connectivity index (χ0) is 15.1. The van der Waals surface area contributed by atoms with Crippen molar-refractivity contribution in [2.45, 2.75) is 51.8 Å². The number of aliphatic hydroxyl groups is 1. The summed E-state index contributed by atoms with van der Waals surface area (Å²) in [6, 6.07) is 4.83. The lowest BCUT2D eigenvalue weighted by Crippen LogP contribution is -2.43. The summed E-state index contributed by atoms with van der Waals surface area (Å²) in [6.45, 7) is 8.44. The maximum absolute atomic E-state index is 9.40. The normalized spacial score (nSPS) is 20.3. The van der Waals surface area contributed by atoms with E-state index in [9.17, 15) is 5.11 Å². The molecule has 2 heterocycles. The van der Waals surface area contributed by atoms with Gasteiger partial charge in [-0.2, -0.15) is 0 Å². The summed E-state index contributed by atoms with van der Waals surface area (Å²) in [4.78, 5) is 6.59. The molecule has 1 aliphatic heterocycles. The van der Waals surface area contributed by atoms with Crippen LogP contribution in [0.2, 0.25) is 0 Å². The van der Waals surface area contributed by atoms with E-state index in [0.29, 0.717) is 12.0 Å². The van der Waals surface area contributed by atoms with Crippen LogP contribution in [0.5, 0.6) is 0 Å². The Bertz CT molecular complexity index is 388. The summed E-state index contributed by atoms with van der Waals surface area (Å²) in [5.74, 6) is 0.542. The van der Waals surface area contributed by atoms with E-state index in [0.717, 1.165) is 32.6 Å². The Morgan fingerprint density at radius 3 is 2.57 bits per heavy atom. The van der Waals surface area contributed by atoms with Gasteiger partial charge in [-0.25, -0.2) is 0 Å². The number of pyridine rings is 1. The first-order valence-electron chi connectivity index (χ1n) is 8.16. The molecular formula is C17H29N3O. The van der Waals surface area contributed by atoms with Crippen molar-refractivity contribution in [3.05, 3.63) is 30.1 Å². The number of likely N-dealkylation sites (tertiary alicyclic amines) is 1. The molecule has 1 aromatic rings. The number of aliphatic hydroxyl groups excluding tert-OH is 1. The highest BCUT2D eigenvalue weighted by Crippen LogP contribution is 2.14. The Hall–Kier alpha value is -0.970. The highest BCUT2D eigenvalue weighted by Gasteiger charge is 2.19. The third kappa shape index (κ3) is 6.12. The van der Waals surface area contributed by atoms with E-state index < -0.39 is 0 Å². The van der Waals surface area contributed by atoms with Gasteiger partial charge in [0.25, 0.3) is 0 Å². The monoisotopic (exact) mass is 291 g/mol. The molecule has 0 amide bonds. The van der Waals surface area contributed by atoms with Crippen LogP contribution in [0, 0.1) is 5.92 Å². The number of hydrogen-bond donors (Lipinski definition) is 2. The standard InChI is InChI=1S/C17H29N3O/c1-14(11-15(2)21)12-19-17-5-9-20(10-6-17)13-16-3-7-18-8-4-16/h3-4,7-8,14-15,17,19,21H,5-6,9-13H2,1-2H3. The Labute approximate surface area is 128 Å². The van der Waals surface area contributed by atoms with Gasteiger partial charge in [-0.15, -0.1) is 0 Å². The fourth-order valence-corrected chi connectivity index (χ4v) is 3.08. The van der Waals surface area contributed by atoms with Crippen molar-refractivity contribution in [1.82, 2.24) is 15.2 Å². The average Bonchev–Trinajstić information content (AvgIpc) is 2.47. The minimum Gasteiger partial charge on any atom is -0.393 e. The summed E-state index contributed by atoms with van der Waals surface area (Å²) in [6.07, 6.45) is 6.86. The van der Waals surface area contributed by atoms with Crippen molar-refractivity contribution in [3.63, 3.8) is 0 Å². The topological polar surface area (TPSA) is 48.4 Å². The summed E-state index contributed by atoms with van der Waals surface area (Å²) in [5.41, 5.74) is 1.35. The third-order valence-corrected chi connectivity index (χ3v) is 4.24. The first-order chi connectivity index (χ1) is 10.1. The van der Waals surface area contributed by atoms with Crippen LogP contribution < -0.4 is 5.32 Å². The molecule has 1 aromatic heterocycles. The minimum absolute atomic E-state index is 0.191. The summed E-state index contributed by atoms with van der Waals surface area (Å²) in [5, 5.41) is 13.1. The lowest BCUT2D eigenvalue weighted by molar-refractivity contribution is 0.156. The zero-order valence-electron chi connectivity index (χ0n) is 13.3. The Balaban J connectivity index is 1.64. The van der Waals surface area contributed by atoms with Crippen molar-refractivity contribution in [2.24, 2.45) is 5.92 Å². The van der Waals surface area contributed by atoms with Crippen LogP contribution in [0.1, 0.15) is 38.7 Å². The Morgan fingerprint density at radius 2 is 1.95 bits per heavy atom. The molecule has 0 saturated carbocycles. The molecule has 1 fully saturated rings. The lowest BCUT2D eigenvalue weighted by Gasteiger charge is -2.33. The molecule has 4 nitrogen and oxygen atoms in total. The fraction of sp³-hybridized carbons (Fsp3) is 0.706. The molecule has 21 heavy (non-hydrogen) atoms. The number of hydrogen-bond acceptors (Lipinski definition) is 4. The summed E-state index contributed by atoms with van der Waals surface area (Å²) < 4.78 is 0. The molecular weight excluding hydrogens is 262 g/mol. The SMILES string of the molecule is CC(O)CC(C)CNC1CCN(Cc2ccncc2)CC1. The predicted molar refractivity (Wildman–Crippen MR) is 86.0 cm³/mol. The third-order valence-electron chi connectivity index (χ3n) is 4.24. The minimum atomic E-state index is -0.191. The first kappa shape index (κ1) is 16.4. The number of piperidine rings is 1. The summed E-state index contributed by atoms with van der Waals surface area (Å²) in [7, 11) is 0. The molecule has 0 radical (unpaired) electrons. The van der Waals surface area contributed by atoms with E-state index in [2.05, 4.69) is 34.3 Å². The van der Waals surface area contributed by atoms with Crippen molar-refractivity contribution in [2.75, 3.05) is 19.6 Å². The molecule has 118 valence electrons. The summed E-state index contributed by atoms with van der Waals surface area (Å²) >= 11 is 0. The molecule has 4 heteroatoms. The molecule has 0 aromatic carbocycles. The largest absolute Gasteiger partial charge is 0.393 e. The van der Waals surface area contributed by atoms with E-state index in [-0.39, 0.29) is 6.10 Å². The van der Waals surface area contributed by atoms with Crippen LogP contribution >= 0.6 is 0 Å². The van der Waals surface area contributed by atoms with Gasteiger partial charge in [-0.3, -0.25) is 9.88 Å². The highest BCUT2D eigenvalue weighted by molar-refractivity contribution is 5.09. The van der Waals surface area contributed by atoms with Crippen LogP contribution in [0.25, 0.3) is 0 Å². The van der Waals surface area contributed by atoms with E-state index in [1.807, 2.05) is 19.3 Å². The van der Waals surface area contributed by atoms with E-state index >= 15 is 0 Å². The van der Waals surface area contributed by atoms with Gasteiger partial charge in [0.1, 0.15) is 0 Å². The smallest absolute Gasteiger partial charge is 0.0515 e. The second-order valence-corrected chi connectivity index (χ2v) is 6.50. The highest BCUT2D eigenvalue weighted by atomic mass is 16.3. The number of rotatable bonds is 7.